The number of carbonyl (C=O) groups is 2. The average Bonchev–Trinajstić information content (AvgIpc) is 2.75. The molecule has 0 bridgehead atoms. The van der Waals surface area contributed by atoms with Crippen LogP contribution in [0.5, 0.6) is 0 Å². The minimum absolute atomic E-state index is 0.117. The Morgan fingerprint density at radius 3 is 1.61 bits per heavy atom. The van der Waals surface area contributed by atoms with Gasteiger partial charge in [0.1, 0.15) is 12.7 Å². The lowest BCUT2D eigenvalue weighted by molar-refractivity contribution is -0.0682. The summed E-state index contributed by atoms with van der Waals surface area (Å²) in [5, 5.41) is 0. The molecule has 4 N–H and O–H groups in total. The van der Waals surface area contributed by atoms with Crippen molar-refractivity contribution in [3.63, 3.8) is 0 Å². The summed E-state index contributed by atoms with van der Waals surface area (Å²) in [6.07, 6.45) is -0.955. The Bertz CT molecular complexity index is 838. The molecule has 2 aromatic carbocycles. The fourth-order valence-corrected chi connectivity index (χ4v) is 2.50. The highest BCUT2D eigenvalue weighted by molar-refractivity contribution is 5.90. The van der Waals surface area contributed by atoms with Gasteiger partial charge in [-0.05, 0) is 69.3 Å². The van der Waals surface area contributed by atoms with Crippen LogP contribution in [0.1, 0.15) is 41.5 Å². The molecule has 0 heterocycles. The number of nitrogens with two attached hydrogens (primary N) is 2. The van der Waals surface area contributed by atoms with Crippen LogP contribution in [0.4, 0.5) is 11.4 Å². The van der Waals surface area contributed by atoms with E-state index in [4.69, 9.17) is 30.4 Å². The van der Waals surface area contributed by atoms with E-state index >= 15 is 0 Å². The number of rotatable bonds is 11. The number of carbonyl (C=O) groups excluding carboxylic acids is 2. The maximum absolute atomic E-state index is 12.1. The minimum atomic E-state index is -0.434. The Kier molecular flexibility index (Phi) is 9.30. The molecule has 2 aromatic rings. The van der Waals surface area contributed by atoms with Crippen LogP contribution in [0.2, 0.25) is 0 Å². The van der Waals surface area contributed by atoms with Crippen LogP contribution >= 0.6 is 0 Å². The van der Waals surface area contributed by atoms with E-state index in [1.165, 1.54) is 0 Å². The third-order valence-electron chi connectivity index (χ3n) is 4.28. The largest absolute Gasteiger partial charge is 0.459 e. The highest BCUT2D eigenvalue weighted by Gasteiger charge is 2.15. The zero-order valence-electron chi connectivity index (χ0n) is 18.1. The van der Waals surface area contributed by atoms with Gasteiger partial charge in [0.25, 0.3) is 0 Å². The van der Waals surface area contributed by atoms with E-state index in [1.54, 1.807) is 62.4 Å². The zero-order chi connectivity index (χ0) is 22.8. The van der Waals surface area contributed by atoms with E-state index in [9.17, 15) is 9.59 Å². The van der Waals surface area contributed by atoms with Crippen molar-refractivity contribution in [2.75, 3.05) is 31.3 Å². The molecule has 0 aromatic heterocycles. The highest BCUT2D eigenvalue weighted by Crippen LogP contribution is 2.10. The summed E-state index contributed by atoms with van der Waals surface area (Å²) in [6, 6.07) is 13.0. The van der Waals surface area contributed by atoms with Crippen molar-refractivity contribution in [1.82, 2.24) is 0 Å². The Labute approximate surface area is 182 Å². The molecule has 0 amide bonds. The molecular formula is C23H30N2O6. The Morgan fingerprint density at radius 2 is 1.10 bits per heavy atom. The molecule has 0 aliphatic rings. The summed E-state index contributed by atoms with van der Waals surface area (Å²) < 4.78 is 21.9. The highest BCUT2D eigenvalue weighted by atomic mass is 16.6. The first-order chi connectivity index (χ1) is 14.7. The van der Waals surface area contributed by atoms with Gasteiger partial charge in [0.15, 0.2) is 0 Å². The second-order valence-corrected chi connectivity index (χ2v) is 7.35. The predicted octanol–water partition coefficient (Wildman–Crippen LogP) is 3.06. The van der Waals surface area contributed by atoms with Gasteiger partial charge in [-0.25, -0.2) is 9.59 Å². The summed E-state index contributed by atoms with van der Waals surface area (Å²) in [6.45, 7) is 6.06. The van der Waals surface area contributed by atoms with Crippen molar-refractivity contribution in [2.45, 2.75) is 39.1 Å². The number of ether oxygens (including phenoxy) is 4. The van der Waals surface area contributed by atoms with Crippen LogP contribution < -0.4 is 11.5 Å². The number of benzene rings is 2. The fraction of sp³-hybridized carbons (Fsp3) is 0.391. The van der Waals surface area contributed by atoms with E-state index in [1.807, 2.05) is 6.92 Å². The van der Waals surface area contributed by atoms with Crippen LogP contribution in [0, 0.1) is 0 Å². The topological polar surface area (TPSA) is 123 Å². The summed E-state index contributed by atoms with van der Waals surface area (Å²) in [5.41, 5.74) is 13.2. The average molecular weight is 431 g/mol. The molecule has 0 aliphatic heterocycles. The third kappa shape index (κ3) is 8.65. The smallest absolute Gasteiger partial charge is 0.338 e. The lowest BCUT2D eigenvalue weighted by atomic mass is 10.2. The third-order valence-corrected chi connectivity index (χ3v) is 4.28. The standard InChI is InChI=1S/C23H30N2O6/c1-15(29-14-17(3)31-23(27)19-6-10-21(25)11-7-19)12-28-16(2)13-30-22(26)18-4-8-20(24)9-5-18/h4-11,15-17H,12-14,24-25H2,1-3H3. The lowest BCUT2D eigenvalue weighted by Gasteiger charge is -2.20. The minimum Gasteiger partial charge on any atom is -0.459 e. The number of nitrogen functional groups attached to an aromatic ring is 2. The molecule has 0 fully saturated rings. The molecule has 31 heavy (non-hydrogen) atoms. The van der Waals surface area contributed by atoms with Crippen molar-refractivity contribution in [1.29, 1.82) is 0 Å². The van der Waals surface area contributed by atoms with Gasteiger partial charge >= 0.3 is 11.9 Å². The first kappa shape index (κ1) is 24.2. The number of esters is 2. The zero-order valence-corrected chi connectivity index (χ0v) is 18.1. The number of hydrogen-bond donors (Lipinski definition) is 2. The monoisotopic (exact) mass is 430 g/mol. The maximum Gasteiger partial charge on any atom is 0.338 e. The molecule has 8 nitrogen and oxygen atoms in total. The predicted molar refractivity (Wildman–Crippen MR) is 118 cm³/mol. The first-order valence-electron chi connectivity index (χ1n) is 10.1. The van der Waals surface area contributed by atoms with Gasteiger partial charge in [-0.2, -0.15) is 0 Å². The Morgan fingerprint density at radius 1 is 0.677 bits per heavy atom. The van der Waals surface area contributed by atoms with Crippen LogP contribution in [0.25, 0.3) is 0 Å². The van der Waals surface area contributed by atoms with E-state index in [-0.39, 0.29) is 25.4 Å². The van der Waals surface area contributed by atoms with Gasteiger partial charge in [-0.3, -0.25) is 0 Å². The molecule has 0 aliphatic carbocycles. The second-order valence-electron chi connectivity index (χ2n) is 7.35. The van der Waals surface area contributed by atoms with Crippen LogP contribution in [0.3, 0.4) is 0 Å². The van der Waals surface area contributed by atoms with E-state index < -0.39 is 18.0 Å². The molecule has 8 heteroatoms. The molecule has 0 saturated heterocycles. The fourth-order valence-electron chi connectivity index (χ4n) is 2.50. The van der Waals surface area contributed by atoms with Crippen molar-refractivity contribution in [3.8, 4) is 0 Å². The molecular weight excluding hydrogens is 400 g/mol. The summed E-state index contributed by atoms with van der Waals surface area (Å²) in [5.74, 6) is -0.868. The van der Waals surface area contributed by atoms with Crippen LogP contribution in [0.15, 0.2) is 48.5 Å². The summed E-state index contributed by atoms with van der Waals surface area (Å²) in [4.78, 5) is 24.1. The molecule has 3 atom stereocenters. The van der Waals surface area contributed by atoms with Crippen LogP contribution in [-0.4, -0.2) is 50.1 Å². The second kappa shape index (κ2) is 11.9. The SMILES string of the molecule is CC(COC(=O)c1ccc(N)cc1)OCC(C)OCC(C)OC(=O)c1ccc(N)cc1. The van der Waals surface area contributed by atoms with Crippen molar-refractivity contribution >= 4 is 23.3 Å². The normalized spacial score (nSPS) is 13.8. The van der Waals surface area contributed by atoms with Crippen molar-refractivity contribution < 1.29 is 28.5 Å². The van der Waals surface area contributed by atoms with Gasteiger partial charge in [-0.1, -0.05) is 0 Å². The molecule has 3 unspecified atom stereocenters. The van der Waals surface area contributed by atoms with E-state index in [2.05, 4.69) is 0 Å². The number of anilines is 2. The van der Waals surface area contributed by atoms with E-state index in [0.717, 1.165) is 0 Å². The summed E-state index contributed by atoms with van der Waals surface area (Å²) >= 11 is 0. The molecule has 2 rings (SSSR count). The van der Waals surface area contributed by atoms with Gasteiger partial charge in [0.2, 0.25) is 0 Å². The summed E-state index contributed by atoms with van der Waals surface area (Å²) in [7, 11) is 0. The van der Waals surface area contributed by atoms with Gasteiger partial charge in [-0.15, -0.1) is 0 Å². The maximum atomic E-state index is 12.1. The molecule has 0 saturated carbocycles. The van der Waals surface area contributed by atoms with Gasteiger partial charge in [0.05, 0.1) is 36.5 Å². The molecule has 0 spiro atoms. The van der Waals surface area contributed by atoms with Crippen molar-refractivity contribution in [2.24, 2.45) is 0 Å². The van der Waals surface area contributed by atoms with Gasteiger partial charge < -0.3 is 30.4 Å². The molecule has 168 valence electrons. The number of hydrogen-bond acceptors (Lipinski definition) is 8. The lowest BCUT2D eigenvalue weighted by Crippen LogP contribution is -2.28. The molecule has 0 radical (unpaired) electrons. The van der Waals surface area contributed by atoms with Crippen molar-refractivity contribution in [3.05, 3.63) is 59.7 Å². The van der Waals surface area contributed by atoms with Crippen LogP contribution in [-0.2, 0) is 18.9 Å². The first-order valence-corrected chi connectivity index (χ1v) is 10.1. The quantitative estimate of drug-likeness (QED) is 0.412. The Balaban J connectivity index is 1.62. The van der Waals surface area contributed by atoms with E-state index in [0.29, 0.717) is 29.1 Å². The van der Waals surface area contributed by atoms with Gasteiger partial charge in [0, 0.05) is 11.4 Å². The Hall–Kier alpha value is -3.10.